The van der Waals surface area contributed by atoms with Crippen molar-refractivity contribution >= 4 is 33.0 Å². The number of aryl methyl sites for hydroxylation is 1. The SMILES string of the molecule is CCCS(=O)(=O)N1CCCc2ccc(NC(=O)c3cccc([N+](=O)[O-])c3C)cc21. The number of rotatable bonds is 6. The first-order chi connectivity index (χ1) is 13.7. The van der Waals surface area contributed by atoms with Gasteiger partial charge in [0.25, 0.3) is 11.6 Å². The van der Waals surface area contributed by atoms with Crippen molar-refractivity contribution in [1.29, 1.82) is 0 Å². The van der Waals surface area contributed by atoms with Gasteiger partial charge >= 0.3 is 0 Å². The number of nitro benzene ring substituents is 1. The molecule has 29 heavy (non-hydrogen) atoms. The van der Waals surface area contributed by atoms with Gasteiger partial charge in [-0.1, -0.05) is 19.1 Å². The van der Waals surface area contributed by atoms with E-state index in [1.54, 1.807) is 12.1 Å². The van der Waals surface area contributed by atoms with E-state index in [1.165, 1.54) is 29.4 Å². The summed E-state index contributed by atoms with van der Waals surface area (Å²) in [4.78, 5) is 23.3. The highest BCUT2D eigenvalue weighted by Crippen LogP contribution is 2.32. The van der Waals surface area contributed by atoms with Gasteiger partial charge in [-0.2, -0.15) is 0 Å². The second-order valence-electron chi connectivity index (χ2n) is 7.00. The van der Waals surface area contributed by atoms with Crippen LogP contribution in [0.5, 0.6) is 0 Å². The lowest BCUT2D eigenvalue weighted by Crippen LogP contribution is -2.37. The molecule has 0 saturated carbocycles. The fraction of sp³-hybridized carbons (Fsp3) is 0.350. The summed E-state index contributed by atoms with van der Waals surface area (Å²) < 4.78 is 26.7. The summed E-state index contributed by atoms with van der Waals surface area (Å²) in [6.45, 7) is 3.76. The van der Waals surface area contributed by atoms with Crippen molar-refractivity contribution in [3.63, 3.8) is 0 Å². The van der Waals surface area contributed by atoms with Gasteiger partial charge in [-0.05, 0) is 49.9 Å². The van der Waals surface area contributed by atoms with Crippen molar-refractivity contribution in [3.8, 4) is 0 Å². The van der Waals surface area contributed by atoms with Gasteiger partial charge in [-0.3, -0.25) is 19.2 Å². The molecule has 1 aliphatic rings. The van der Waals surface area contributed by atoms with E-state index in [-0.39, 0.29) is 22.6 Å². The first-order valence-corrected chi connectivity index (χ1v) is 11.0. The minimum absolute atomic E-state index is 0.0654. The molecule has 2 aromatic rings. The maximum Gasteiger partial charge on any atom is 0.273 e. The first kappa shape index (κ1) is 20.8. The molecule has 0 spiro atoms. The Labute approximate surface area is 169 Å². The van der Waals surface area contributed by atoms with Gasteiger partial charge in [0.2, 0.25) is 10.0 Å². The van der Waals surface area contributed by atoms with Crippen LogP contribution in [0.3, 0.4) is 0 Å². The molecular weight excluding hydrogens is 394 g/mol. The van der Waals surface area contributed by atoms with Crippen LogP contribution in [-0.4, -0.2) is 31.5 Å². The van der Waals surface area contributed by atoms with Crippen molar-refractivity contribution < 1.29 is 18.1 Å². The molecule has 0 aliphatic carbocycles. The Kier molecular flexibility index (Phi) is 5.88. The van der Waals surface area contributed by atoms with Crippen LogP contribution in [0.1, 0.15) is 41.3 Å². The van der Waals surface area contributed by atoms with Crippen LogP contribution in [0.15, 0.2) is 36.4 Å². The van der Waals surface area contributed by atoms with E-state index < -0.39 is 20.9 Å². The molecule has 1 N–H and O–H groups in total. The molecular formula is C20H23N3O5S. The molecule has 0 unspecified atom stereocenters. The summed E-state index contributed by atoms with van der Waals surface area (Å²) in [5.41, 5.74) is 2.30. The third-order valence-corrected chi connectivity index (χ3v) is 6.94. The molecule has 8 nitrogen and oxygen atoms in total. The lowest BCUT2D eigenvalue weighted by atomic mass is 10.0. The number of carbonyl (C=O) groups is 1. The largest absolute Gasteiger partial charge is 0.322 e. The maximum atomic E-state index is 12.7. The monoisotopic (exact) mass is 417 g/mol. The van der Waals surface area contributed by atoms with Gasteiger partial charge < -0.3 is 5.32 Å². The number of sulfonamides is 1. The van der Waals surface area contributed by atoms with E-state index in [9.17, 15) is 23.3 Å². The lowest BCUT2D eigenvalue weighted by Gasteiger charge is -2.31. The highest BCUT2D eigenvalue weighted by Gasteiger charge is 2.27. The molecule has 1 aliphatic heterocycles. The average Bonchev–Trinajstić information content (AvgIpc) is 2.67. The molecule has 0 atom stereocenters. The molecule has 9 heteroatoms. The van der Waals surface area contributed by atoms with Crippen LogP contribution in [0.4, 0.5) is 17.1 Å². The predicted molar refractivity (Wildman–Crippen MR) is 112 cm³/mol. The number of anilines is 2. The smallest absolute Gasteiger partial charge is 0.273 e. The Morgan fingerprint density at radius 1 is 1.28 bits per heavy atom. The molecule has 0 aromatic heterocycles. The number of hydrogen-bond donors (Lipinski definition) is 1. The van der Waals surface area contributed by atoms with Gasteiger partial charge in [0.1, 0.15) is 0 Å². The Morgan fingerprint density at radius 3 is 2.72 bits per heavy atom. The molecule has 1 amide bonds. The zero-order chi connectivity index (χ0) is 21.2. The summed E-state index contributed by atoms with van der Waals surface area (Å²) in [5.74, 6) is -0.416. The molecule has 0 bridgehead atoms. The minimum Gasteiger partial charge on any atom is -0.322 e. The zero-order valence-corrected chi connectivity index (χ0v) is 17.2. The Bertz CT molecular complexity index is 1070. The molecule has 154 valence electrons. The number of amides is 1. The second kappa shape index (κ2) is 8.20. The number of carbonyl (C=O) groups excluding carboxylic acids is 1. The first-order valence-electron chi connectivity index (χ1n) is 9.43. The standard InChI is InChI=1S/C20H23N3O5S/c1-3-12-29(27,28)22-11-5-6-15-9-10-16(13-19(15)22)21-20(24)17-7-4-8-18(14(17)2)23(25)26/h4,7-10,13H,3,5-6,11-12H2,1-2H3,(H,21,24). The van der Waals surface area contributed by atoms with Gasteiger partial charge in [0.15, 0.2) is 0 Å². The van der Waals surface area contributed by atoms with Gasteiger partial charge in [0.05, 0.1) is 16.4 Å². The second-order valence-corrected chi connectivity index (χ2v) is 9.01. The minimum atomic E-state index is -3.42. The van der Waals surface area contributed by atoms with E-state index in [1.807, 2.05) is 13.0 Å². The van der Waals surface area contributed by atoms with Crippen molar-refractivity contribution in [2.24, 2.45) is 0 Å². The molecule has 0 fully saturated rings. The summed E-state index contributed by atoms with van der Waals surface area (Å²) >= 11 is 0. The molecule has 1 heterocycles. The van der Waals surface area contributed by atoms with Crippen molar-refractivity contribution in [3.05, 3.63) is 63.2 Å². The van der Waals surface area contributed by atoms with Crippen molar-refractivity contribution in [2.45, 2.75) is 33.1 Å². The molecule has 2 aromatic carbocycles. The lowest BCUT2D eigenvalue weighted by molar-refractivity contribution is -0.385. The van der Waals surface area contributed by atoms with Crippen molar-refractivity contribution in [2.75, 3.05) is 21.9 Å². The van der Waals surface area contributed by atoms with Crippen LogP contribution in [0.2, 0.25) is 0 Å². The van der Waals surface area contributed by atoms with Crippen molar-refractivity contribution in [1.82, 2.24) is 0 Å². The van der Waals surface area contributed by atoms with E-state index >= 15 is 0 Å². The number of nitro groups is 1. The van der Waals surface area contributed by atoms with Gasteiger partial charge in [0, 0.05) is 29.4 Å². The number of nitrogens with zero attached hydrogens (tertiary/aromatic N) is 2. The zero-order valence-electron chi connectivity index (χ0n) is 16.3. The third-order valence-electron chi connectivity index (χ3n) is 4.96. The fourth-order valence-electron chi connectivity index (χ4n) is 3.54. The van der Waals surface area contributed by atoms with E-state index in [0.717, 1.165) is 18.4 Å². The normalized spacial score (nSPS) is 13.7. The van der Waals surface area contributed by atoms with Crippen LogP contribution in [0.25, 0.3) is 0 Å². The number of fused-ring (bicyclic) bond motifs is 1. The number of nitrogens with one attached hydrogen (secondary N) is 1. The van der Waals surface area contributed by atoms with Gasteiger partial charge in [-0.15, -0.1) is 0 Å². The molecule has 3 rings (SSSR count). The Hall–Kier alpha value is -2.94. The number of hydrogen-bond acceptors (Lipinski definition) is 5. The van der Waals surface area contributed by atoms with Crippen LogP contribution in [-0.2, 0) is 16.4 Å². The topological polar surface area (TPSA) is 110 Å². The van der Waals surface area contributed by atoms with Crippen LogP contribution in [0, 0.1) is 17.0 Å². The summed E-state index contributed by atoms with van der Waals surface area (Å²) in [7, 11) is -3.42. The summed E-state index contributed by atoms with van der Waals surface area (Å²) in [5, 5.41) is 13.8. The highest BCUT2D eigenvalue weighted by molar-refractivity contribution is 7.92. The number of benzene rings is 2. The van der Waals surface area contributed by atoms with E-state index in [2.05, 4.69) is 5.32 Å². The highest BCUT2D eigenvalue weighted by atomic mass is 32.2. The Morgan fingerprint density at radius 2 is 2.03 bits per heavy atom. The average molecular weight is 417 g/mol. The molecule has 0 radical (unpaired) electrons. The Balaban J connectivity index is 1.92. The predicted octanol–water partition coefficient (Wildman–Crippen LogP) is 3.65. The van der Waals surface area contributed by atoms with Crippen LogP contribution < -0.4 is 9.62 Å². The molecule has 0 saturated heterocycles. The third kappa shape index (κ3) is 4.24. The summed E-state index contributed by atoms with van der Waals surface area (Å²) in [6, 6.07) is 9.53. The van der Waals surface area contributed by atoms with E-state index in [4.69, 9.17) is 0 Å². The van der Waals surface area contributed by atoms with E-state index in [0.29, 0.717) is 24.3 Å². The fourth-order valence-corrected chi connectivity index (χ4v) is 5.15. The van der Waals surface area contributed by atoms with Gasteiger partial charge in [-0.25, -0.2) is 8.42 Å². The van der Waals surface area contributed by atoms with Crippen LogP contribution >= 0.6 is 0 Å². The summed E-state index contributed by atoms with van der Waals surface area (Å²) in [6.07, 6.45) is 2.04. The maximum absolute atomic E-state index is 12.7. The quantitative estimate of drug-likeness (QED) is 0.570.